The molecule has 0 spiro atoms. The number of nitrogens with zero attached hydrogens (tertiary/aromatic N) is 2. The van der Waals surface area contributed by atoms with Gasteiger partial charge in [-0.05, 0) is 54.7 Å². The molecule has 1 fully saturated rings. The van der Waals surface area contributed by atoms with Crippen LogP contribution in [0.1, 0.15) is 30.0 Å². The van der Waals surface area contributed by atoms with E-state index in [4.69, 9.17) is 28.9 Å². The molecule has 2 bridgehead atoms. The van der Waals surface area contributed by atoms with Crippen LogP contribution in [0.25, 0.3) is 0 Å². The minimum absolute atomic E-state index is 0.0506. The second-order valence-corrected chi connectivity index (χ2v) is 7.04. The number of carbonyl (C=O) groups is 1. The van der Waals surface area contributed by atoms with Crippen LogP contribution in [0.5, 0.6) is 0 Å². The van der Waals surface area contributed by atoms with Gasteiger partial charge in [0.2, 0.25) is 0 Å². The summed E-state index contributed by atoms with van der Waals surface area (Å²) in [6.45, 7) is 0. The van der Waals surface area contributed by atoms with E-state index < -0.39 is 0 Å². The largest absolute Gasteiger partial charge is 0.384 e. The van der Waals surface area contributed by atoms with Gasteiger partial charge in [-0.2, -0.15) is 0 Å². The maximum atomic E-state index is 12.8. The lowest BCUT2D eigenvalue weighted by Gasteiger charge is -2.36. The van der Waals surface area contributed by atoms with Gasteiger partial charge < -0.3 is 16.0 Å². The lowest BCUT2D eigenvalue weighted by atomic mass is 9.95. The highest BCUT2D eigenvalue weighted by Crippen LogP contribution is 2.44. The molecule has 124 valence electrons. The molecule has 2 aliphatic heterocycles. The van der Waals surface area contributed by atoms with Gasteiger partial charge in [-0.1, -0.05) is 23.2 Å². The van der Waals surface area contributed by atoms with E-state index in [1.807, 2.05) is 11.0 Å². The highest BCUT2D eigenvalue weighted by molar-refractivity contribution is 6.42. The molecular weight excluding hydrogens is 347 g/mol. The van der Waals surface area contributed by atoms with Crippen molar-refractivity contribution in [2.75, 3.05) is 11.1 Å². The minimum atomic E-state index is -0.122. The maximum Gasteiger partial charge on any atom is 0.322 e. The first-order valence-electron chi connectivity index (χ1n) is 7.81. The molecule has 0 unspecified atom stereocenters. The summed E-state index contributed by atoms with van der Waals surface area (Å²) in [7, 11) is 0. The minimum Gasteiger partial charge on any atom is -0.384 e. The Labute approximate surface area is 149 Å². The lowest BCUT2D eigenvalue weighted by molar-refractivity contribution is 0.179. The molecule has 5 nitrogen and oxygen atoms in total. The van der Waals surface area contributed by atoms with Crippen LogP contribution in [0.2, 0.25) is 10.0 Å². The zero-order valence-electron chi connectivity index (χ0n) is 12.8. The van der Waals surface area contributed by atoms with E-state index in [2.05, 4.69) is 10.3 Å². The van der Waals surface area contributed by atoms with Crippen LogP contribution in [-0.4, -0.2) is 22.0 Å². The van der Waals surface area contributed by atoms with E-state index in [0.717, 1.165) is 24.8 Å². The van der Waals surface area contributed by atoms with Crippen molar-refractivity contribution in [3.63, 3.8) is 0 Å². The maximum absolute atomic E-state index is 12.8. The number of pyridine rings is 1. The first-order chi connectivity index (χ1) is 11.5. The summed E-state index contributed by atoms with van der Waals surface area (Å²) in [5, 5.41) is 3.80. The van der Waals surface area contributed by atoms with Crippen molar-refractivity contribution < 1.29 is 4.79 Å². The Balaban J connectivity index is 1.59. The number of nitrogens with two attached hydrogens (primary N) is 1. The van der Waals surface area contributed by atoms with Gasteiger partial charge in [0.15, 0.2) is 0 Å². The number of hydrogen-bond acceptors (Lipinski definition) is 3. The number of nitrogens with one attached hydrogen (secondary N) is 1. The van der Waals surface area contributed by atoms with Gasteiger partial charge in [-0.25, -0.2) is 9.78 Å². The fourth-order valence-corrected chi connectivity index (χ4v) is 4.01. The average Bonchev–Trinajstić information content (AvgIpc) is 2.86. The predicted molar refractivity (Wildman–Crippen MR) is 95.4 cm³/mol. The molecule has 2 aromatic rings. The van der Waals surface area contributed by atoms with Crippen molar-refractivity contribution in [3.8, 4) is 0 Å². The van der Waals surface area contributed by atoms with Crippen LogP contribution in [-0.2, 0) is 6.42 Å². The van der Waals surface area contributed by atoms with E-state index in [-0.39, 0.29) is 18.1 Å². The van der Waals surface area contributed by atoms with Crippen molar-refractivity contribution in [2.45, 2.75) is 31.3 Å². The standard InChI is InChI=1S/C17H16Cl2N4O/c18-13-3-1-10(7-14(13)19)22-17(24)23-11-2-4-15(23)12-8-21-16(20)6-9(12)5-11/h1,3,6-8,11,15H,2,4-5H2,(H2,20,21)(H,22,24)/t11-,15+/m0/s1. The zero-order chi connectivity index (χ0) is 16.8. The van der Waals surface area contributed by atoms with Crippen LogP contribution in [0.15, 0.2) is 30.5 Å². The van der Waals surface area contributed by atoms with Gasteiger partial charge in [0.05, 0.1) is 16.1 Å². The summed E-state index contributed by atoms with van der Waals surface area (Å²) >= 11 is 11.9. The number of nitrogen functional groups attached to an aromatic ring is 1. The van der Waals surface area contributed by atoms with Gasteiger partial charge in [0, 0.05) is 17.9 Å². The molecule has 3 N–H and O–H groups in total. The van der Waals surface area contributed by atoms with Crippen LogP contribution in [0.4, 0.5) is 16.3 Å². The number of hydrogen-bond donors (Lipinski definition) is 2. The number of carbonyl (C=O) groups excluding carboxylic acids is 1. The Hall–Kier alpha value is -1.98. The van der Waals surface area contributed by atoms with Gasteiger partial charge in [-0.3, -0.25) is 0 Å². The molecule has 24 heavy (non-hydrogen) atoms. The molecule has 0 radical (unpaired) electrons. The molecule has 1 saturated heterocycles. The summed E-state index contributed by atoms with van der Waals surface area (Å²) in [6, 6.07) is 7.11. The lowest BCUT2D eigenvalue weighted by Crippen LogP contribution is -2.44. The Morgan fingerprint density at radius 2 is 2.08 bits per heavy atom. The number of halogens is 2. The molecule has 2 atom stereocenters. The third kappa shape index (κ3) is 2.58. The SMILES string of the molecule is Nc1cc2c(cn1)[C@H]1CC[C@@H](C2)N1C(=O)Nc1ccc(Cl)c(Cl)c1. The van der Waals surface area contributed by atoms with E-state index in [9.17, 15) is 4.79 Å². The van der Waals surface area contributed by atoms with E-state index >= 15 is 0 Å². The van der Waals surface area contributed by atoms with Crippen molar-refractivity contribution in [3.05, 3.63) is 51.6 Å². The third-order valence-corrected chi connectivity index (χ3v) is 5.51. The summed E-state index contributed by atoms with van der Waals surface area (Å²) < 4.78 is 0. The van der Waals surface area contributed by atoms with Crippen molar-refractivity contribution in [1.82, 2.24) is 9.88 Å². The Bertz CT molecular complexity index is 826. The summed E-state index contributed by atoms with van der Waals surface area (Å²) in [6.07, 6.45) is 4.54. The second-order valence-electron chi connectivity index (χ2n) is 6.23. The van der Waals surface area contributed by atoms with E-state index in [0.29, 0.717) is 21.6 Å². The van der Waals surface area contributed by atoms with E-state index in [1.54, 1.807) is 24.4 Å². The Morgan fingerprint density at radius 1 is 1.25 bits per heavy atom. The normalized spacial score (nSPS) is 21.5. The topological polar surface area (TPSA) is 71.2 Å². The Morgan fingerprint density at radius 3 is 2.88 bits per heavy atom. The fourth-order valence-electron chi connectivity index (χ4n) is 3.71. The molecule has 1 aromatic heterocycles. The smallest absolute Gasteiger partial charge is 0.322 e. The van der Waals surface area contributed by atoms with Gasteiger partial charge in [-0.15, -0.1) is 0 Å². The van der Waals surface area contributed by atoms with Crippen LogP contribution < -0.4 is 11.1 Å². The fraction of sp³-hybridized carbons (Fsp3) is 0.294. The van der Waals surface area contributed by atoms with Crippen molar-refractivity contribution >= 4 is 40.7 Å². The quantitative estimate of drug-likeness (QED) is 0.795. The second kappa shape index (κ2) is 5.83. The third-order valence-electron chi connectivity index (χ3n) is 4.77. The van der Waals surface area contributed by atoms with Crippen molar-refractivity contribution in [2.24, 2.45) is 0 Å². The van der Waals surface area contributed by atoms with Gasteiger partial charge in [0.25, 0.3) is 0 Å². The molecule has 0 aliphatic carbocycles. The molecule has 4 rings (SSSR count). The van der Waals surface area contributed by atoms with Crippen LogP contribution >= 0.6 is 23.2 Å². The molecule has 3 heterocycles. The van der Waals surface area contributed by atoms with Crippen LogP contribution in [0, 0.1) is 0 Å². The first-order valence-corrected chi connectivity index (χ1v) is 8.57. The number of urea groups is 1. The highest BCUT2D eigenvalue weighted by atomic mass is 35.5. The van der Waals surface area contributed by atoms with Crippen molar-refractivity contribution in [1.29, 1.82) is 0 Å². The first kappa shape index (κ1) is 15.5. The Kier molecular flexibility index (Phi) is 3.77. The highest BCUT2D eigenvalue weighted by Gasteiger charge is 2.42. The number of benzene rings is 1. The summed E-state index contributed by atoms with van der Waals surface area (Å²) in [5.74, 6) is 0.529. The molecule has 2 amide bonds. The average molecular weight is 363 g/mol. The number of fused-ring (bicyclic) bond motifs is 4. The number of anilines is 2. The molecule has 2 aliphatic rings. The number of amides is 2. The summed E-state index contributed by atoms with van der Waals surface area (Å²) in [5.41, 5.74) is 8.72. The molecular formula is C17H16Cl2N4O. The summed E-state index contributed by atoms with van der Waals surface area (Å²) in [4.78, 5) is 18.9. The van der Waals surface area contributed by atoms with E-state index in [1.165, 1.54) is 5.56 Å². The van der Waals surface area contributed by atoms with Gasteiger partial charge >= 0.3 is 6.03 Å². The number of rotatable bonds is 1. The monoisotopic (exact) mass is 362 g/mol. The zero-order valence-corrected chi connectivity index (χ0v) is 14.3. The predicted octanol–water partition coefficient (Wildman–Crippen LogP) is 4.26. The molecule has 1 aromatic carbocycles. The molecule has 7 heteroatoms. The van der Waals surface area contributed by atoms with Crippen LogP contribution in [0.3, 0.4) is 0 Å². The molecule has 0 saturated carbocycles. The van der Waals surface area contributed by atoms with Gasteiger partial charge in [0.1, 0.15) is 5.82 Å². The number of aromatic nitrogens is 1.